The number of hydrogen-bond donors (Lipinski definition) is 2. The minimum absolute atomic E-state index is 0. The number of guanidine groups is 1. The van der Waals surface area contributed by atoms with E-state index in [1.165, 1.54) is 31.2 Å². The molecule has 1 aromatic rings. The second-order valence-corrected chi connectivity index (χ2v) is 8.24. The van der Waals surface area contributed by atoms with Gasteiger partial charge in [0, 0.05) is 26.2 Å². The van der Waals surface area contributed by atoms with Gasteiger partial charge in [0.25, 0.3) is 0 Å². The summed E-state index contributed by atoms with van der Waals surface area (Å²) in [6.45, 7) is 4.08. The summed E-state index contributed by atoms with van der Waals surface area (Å²) in [4.78, 5) is 9.36. The van der Waals surface area contributed by atoms with Crippen LogP contribution in [0.2, 0.25) is 0 Å². The summed E-state index contributed by atoms with van der Waals surface area (Å²) >= 11 is 0. The molecule has 0 bridgehead atoms. The number of rotatable bonds is 9. The van der Waals surface area contributed by atoms with Crippen LogP contribution in [0, 0.1) is 5.92 Å². The first-order valence-corrected chi connectivity index (χ1v) is 10.6. The standard InChI is InChI=1S/C22H37N5O.HI/c1-23-22(24-15-20(26(2)3)17-10-11-17)25-16-21(27-12-5-6-13-27)18-8-7-9-19(14-18)28-4;/h7-9,14,17,20-21H,5-6,10-13,15-16H2,1-4H3,(H2,23,24,25);1H. The third kappa shape index (κ3) is 7.00. The average Bonchev–Trinajstić information content (AvgIpc) is 3.40. The first-order chi connectivity index (χ1) is 13.6. The zero-order valence-corrected chi connectivity index (χ0v) is 20.7. The van der Waals surface area contributed by atoms with Crippen LogP contribution in [0.3, 0.4) is 0 Å². The van der Waals surface area contributed by atoms with Gasteiger partial charge in [-0.2, -0.15) is 0 Å². The molecule has 164 valence electrons. The van der Waals surface area contributed by atoms with E-state index in [1.54, 1.807) is 7.11 Å². The zero-order chi connectivity index (χ0) is 19.9. The summed E-state index contributed by atoms with van der Waals surface area (Å²) in [6, 6.07) is 9.36. The molecule has 7 heteroatoms. The molecule has 1 saturated carbocycles. The van der Waals surface area contributed by atoms with E-state index in [1.807, 2.05) is 13.1 Å². The smallest absolute Gasteiger partial charge is 0.191 e. The van der Waals surface area contributed by atoms with Crippen molar-refractivity contribution in [3.63, 3.8) is 0 Å². The minimum atomic E-state index is 0. The summed E-state index contributed by atoms with van der Waals surface area (Å²) in [7, 11) is 7.93. The largest absolute Gasteiger partial charge is 0.497 e. The molecule has 2 atom stereocenters. The van der Waals surface area contributed by atoms with Crippen LogP contribution in [0.15, 0.2) is 29.3 Å². The van der Waals surface area contributed by atoms with Crippen LogP contribution in [0.4, 0.5) is 0 Å². The number of likely N-dealkylation sites (N-methyl/N-ethyl adjacent to an activating group) is 1. The molecule has 29 heavy (non-hydrogen) atoms. The van der Waals surface area contributed by atoms with Gasteiger partial charge >= 0.3 is 0 Å². The quantitative estimate of drug-likeness (QED) is 0.301. The maximum absolute atomic E-state index is 5.45. The van der Waals surface area contributed by atoms with Crippen LogP contribution in [0.1, 0.15) is 37.3 Å². The van der Waals surface area contributed by atoms with Crippen molar-refractivity contribution in [2.24, 2.45) is 10.9 Å². The van der Waals surface area contributed by atoms with Crippen molar-refractivity contribution in [1.29, 1.82) is 0 Å². The molecule has 6 nitrogen and oxygen atoms in total. The fraction of sp³-hybridized carbons (Fsp3) is 0.682. The maximum atomic E-state index is 5.45. The molecule has 0 aromatic heterocycles. The van der Waals surface area contributed by atoms with Gasteiger partial charge in [-0.1, -0.05) is 12.1 Å². The minimum Gasteiger partial charge on any atom is -0.497 e. The van der Waals surface area contributed by atoms with Gasteiger partial charge in [-0.05, 0) is 76.5 Å². The van der Waals surface area contributed by atoms with Crippen LogP contribution in [-0.2, 0) is 0 Å². The second kappa shape index (κ2) is 12.0. The first kappa shape index (κ1) is 24.2. The van der Waals surface area contributed by atoms with Crippen molar-refractivity contribution in [2.75, 3.05) is 54.4 Å². The van der Waals surface area contributed by atoms with Crippen molar-refractivity contribution in [2.45, 2.75) is 37.8 Å². The third-order valence-corrected chi connectivity index (χ3v) is 6.05. The van der Waals surface area contributed by atoms with E-state index in [-0.39, 0.29) is 24.0 Å². The topological polar surface area (TPSA) is 52.1 Å². The number of likely N-dealkylation sites (tertiary alicyclic amines) is 1. The highest BCUT2D eigenvalue weighted by Crippen LogP contribution is 2.34. The van der Waals surface area contributed by atoms with Crippen LogP contribution in [0.5, 0.6) is 5.75 Å². The number of benzene rings is 1. The Kier molecular flexibility index (Phi) is 9.98. The lowest BCUT2D eigenvalue weighted by Gasteiger charge is -2.30. The number of nitrogens with one attached hydrogen (secondary N) is 2. The Morgan fingerprint density at radius 2 is 1.90 bits per heavy atom. The van der Waals surface area contributed by atoms with E-state index < -0.39 is 0 Å². The van der Waals surface area contributed by atoms with Crippen molar-refractivity contribution in [1.82, 2.24) is 20.4 Å². The van der Waals surface area contributed by atoms with E-state index in [9.17, 15) is 0 Å². The summed E-state index contributed by atoms with van der Waals surface area (Å²) in [5.41, 5.74) is 1.30. The SMILES string of the molecule is CN=C(NCC(C1CC1)N(C)C)NCC(c1cccc(OC)c1)N1CCCC1.I. The number of hydrogen-bond acceptors (Lipinski definition) is 4. The first-order valence-electron chi connectivity index (χ1n) is 10.6. The Morgan fingerprint density at radius 1 is 1.21 bits per heavy atom. The maximum Gasteiger partial charge on any atom is 0.191 e. The van der Waals surface area contributed by atoms with Gasteiger partial charge in [-0.25, -0.2) is 0 Å². The van der Waals surface area contributed by atoms with E-state index in [4.69, 9.17) is 4.74 Å². The molecule has 1 aromatic carbocycles. The Morgan fingerprint density at radius 3 is 2.48 bits per heavy atom. The third-order valence-electron chi connectivity index (χ3n) is 6.05. The van der Waals surface area contributed by atoms with Crippen LogP contribution < -0.4 is 15.4 Å². The molecule has 0 spiro atoms. The molecule has 1 aliphatic carbocycles. The molecule has 2 unspecified atom stereocenters. The predicted molar refractivity (Wildman–Crippen MR) is 132 cm³/mol. The van der Waals surface area contributed by atoms with E-state index >= 15 is 0 Å². The Balaban J connectivity index is 0.00000300. The second-order valence-electron chi connectivity index (χ2n) is 8.24. The molecule has 0 radical (unpaired) electrons. The van der Waals surface area contributed by atoms with Crippen molar-refractivity contribution < 1.29 is 4.74 Å². The molecule has 1 saturated heterocycles. The Hall–Kier alpha value is -1.06. The fourth-order valence-corrected chi connectivity index (χ4v) is 4.23. The van der Waals surface area contributed by atoms with E-state index in [2.05, 4.69) is 57.7 Å². The molecule has 3 rings (SSSR count). The molecule has 2 N–H and O–H groups in total. The van der Waals surface area contributed by atoms with Gasteiger partial charge in [0.2, 0.25) is 0 Å². The molecular formula is C22H38IN5O. The Bertz CT molecular complexity index is 642. The van der Waals surface area contributed by atoms with Gasteiger partial charge in [0.05, 0.1) is 13.2 Å². The van der Waals surface area contributed by atoms with Gasteiger partial charge in [0.1, 0.15) is 5.75 Å². The fourth-order valence-electron chi connectivity index (χ4n) is 4.23. The summed E-state index contributed by atoms with van der Waals surface area (Å²) in [5.74, 6) is 2.64. The van der Waals surface area contributed by atoms with Crippen LogP contribution in [0.25, 0.3) is 0 Å². The lowest BCUT2D eigenvalue weighted by atomic mass is 10.1. The number of ether oxygens (including phenoxy) is 1. The van der Waals surface area contributed by atoms with Crippen molar-refractivity contribution in [3.05, 3.63) is 29.8 Å². The van der Waals surface area contributed by atoms with Gasteiger partial charge in [-0.15, -0.1) is 24.0 Å². The van der Waals surface area contributed by atoms with Crippen LogP contribution in [-0.4, -0.2) is 76.2 Å². The van der Waals surface area contributed by atoms with Gasteiger partial charge < -0.3 is 20.3 Å². The van der Waals surface area contributed by atoms with E-state index in [0.717, 1.165) is 43.8 Å². The molecule has 1 aliphatic heterocycles. The molecule has 1 heterocycles. The van der Waals surface area contributed by atoms with Crippen LogP contribution >= 0.6 is 24.0 Å². The normalized spacial score (nSPS) is 19.6. The molecular weight excluding hydrogens is 477 g/mol. The molecule has 0 amide bonds. The lowest BCUT2D eigenvalue weighted by molar-refractivity contribution is 0.243. The monoisotopic (exact) mass is 515 g/mol. The van der Waals surface area contributed by atoms with Crippen molar-refractivity contribution >= 4 is 29.9 Å². The van der Waals surface area contributed by atoms with Gasteiger partial charge in [0.15, 0.2) is 5.96 Å². The number of methoxy groups -OCH3 is 1. The highest BCUT2D eigenvalue weighted by Gasteiger charge is 2.32. The highest BCUT2D eigenvalue weighted by molar-refractivity contribution is 14.0. The summed E-state index contributed by atoms with van der Waals surface area (Å²) in [6.07, 6.45) is 5.26. The number of halogens is 1. The van der Waals surface area contributed by atoms with E-state index in [0.29, 0.717) is 12.1 Å². The average molecular weight is 515 g/mol. The Labute approximate surface area is 193 Å². The lowest BCUT2D eigenvalue weighted by Crippen LogP contribution is -2.47. The van der Waals surface area contributed by atoms with Gasteiger partial charge in [-0.3, -0.25) is 9.89 Å². The summed E-state index contributed by atoms with van der Waals surface area (Å²) in [5, 5.41) is 7.12. The zero-order valence-electron chi connectivity index (χ0n) is 18.4. The predicted octanol–water partition coefficient (Wildman–Crippen LogP) is 2.96. The molecule has 2 fully saturated rings. The number of aliphatic imine (C=N–C) groups is 1. The number of nitrogens with zero attached hydrogens (tertiary/aromatic N) is 3. The molecule has 2 aliphatic rings. The van der Waals surface area contributed by atoms with Crippen molar-refractivity contribution in [3.8, 4) is 5.75 Å². The highest BCUT2D eigenvalue weighted by atomic mass is 127. The summed E-state index contributed by atoms with van der Waals surface area (Å²) < 4.78 is 5.45.